The van der Waals surface area contributed by atoms with Crippen molar-refractivity contribution < 1.29 is 4.39 Å². The predicted molar refractivity (Wildman–Crippen MR) is 70.8 cm³/mol. The second kappa shape index (κ2) is 4.75. The Kier molecular flexibility index (Phi) is 3.08. The van der Waals surface area contributed by atoms with Crippen LogP contribution in [0.4, 0.5) is 4.39 Å². The number of rotatable bonds is 2. The van der Waals surface area contributed by atoms with E-state index in [2.05, 4.69) is 15.1 Å². The third kappa shape index (κ3) is 2.27. The van der Waals surface area contributed by atoms with E-state index in [0.717, 1.165) is 0 Å². The summed E-state index contributed by atoms with van der Waals surface area (Å²) in [6.07, 6.45) is 2.91. The van der Waals surface area contributed by atoms with Crippen LogP contribution < -0.4 is 0 Å². The first-order chi connectivity index (χ1) is 9.15. The van der Waals surface area contributed by atoms with Crippen molar-refractivity contribution in [3.8, 4) is 0 Å². The fraction of sp³-hybridized carbons (Fsp3) is 0.0833. The molecule has 0 unspecified atom stereocenters. The first kappa shape index (κ1) is 12.3. The molecular formula is C12H7Cl2FN4. The van der Waals surface area contributed by atoms with Gasteiger partial charge in [0.05, 0.1) is 18.1 Å². The number of nitrogens with zero attached hydrogens (tertiary/aromatic N) is 4. The summed E-state index contributed by atoms with van der Waals surface area (Å²) in [5.41, 5.74) is 1.04. The van der Waals surface area contributed by atoms with Gasteiger partial charge in [-0.25, -0.2) is 19.0 Å². The van der Waals surface area contributed by atoms with E-state index in [0.29, 0.717) is 26.8 Å². The van der Waals surface area contributed by atoms with Crippen LogP contribution in [0.1, 0.15) is 5.56 Å². The van der Waals surface area contributed by atoms with Gasteiger partial charge in [0.2, 0.25) is 0 Å². The zero-order valence-electron chi connectivity index (χ0n) is 9.52. The molecule has 3 aromatic rings. The summed E-state index contributed by atoms with van der Waals surface area (Å²) in [6.45, 7) is 0.250. The normalized spacial score (nSPS) is 11.1. The van der Waals surface area contributed by atoms with Crippen LogP contribution in [0.5, 0.6) is 0 Å². The Bertz CT molecular complexity index is 757. The minimum atomic E-state index is -0.378. The number of hydrogen-bond donors (Lipinski definition) is 0. The van der Waals surface area contributed by atoms with Gasteiger partial charge in [0.25, 0.3) is 0 Å². The molecule has 0 saturated heterocycles. The Balaban J connectivity index is 2.04. The van der Waals surface area contributed by atoms with Crippen LogP contribution in [0.15, 0.2) is 30.7 Å². The molecule has 0 atom stereocenters. The van der Waals surface area contributed by atoms with Gasteiger partial charge in [-0.05, 0) is 12.1 Å². The maximum atomic E-state index is 13.7. The predicted octanol–water partition coefficient (Wildman–Crippen LogP) is 3.32. The van der Waals surface area contributed by atoms with Crippen LogP contribution in [0.2, 0.25) is 10.2 Å². The molecule has 0 aliphatic heterocycles. The topological polar surface area (TPSA) is 43.6 Å². The van der Waals surface area contributed by atoms with Crippen molar-refractivity contribution >= 4 is 34.2 Å². The van der Waals surface area contributed by atoms with E-state index in [1.54, 1.807) is 23.0 Å². The summed E-state index contributed by atoms with van der Waals surface area (Å²) in [4.78, 5) is 7.97. The van der Waals surface area contributed by atoms with Gasteiger partial charge in [0.1, 0.15) is 17.3 Å². The minimum Gasteiger partial charge on any atom is -0.243 e. The van der Waals surface area contributed by atoms with Gasteiger partial charge in [0, 0.05) is 10.6 Å². The molecule has 0 fully saturated rings. The van der Waals surface area contributed by atoms with Crippen molar-refractivity contribution in [3.63, 3.8) is 0 Å². The fourth-order valence-corrected chi connectivity index (χ4v) is 2.13. The molecule has 19 heavy (non-hydrogen) atoms. The SMILES string of the molecule is Fc1cc(Cl)ccc1Cn1ncc2c(Cl)ncnc21. The van der Waals surface area contributed by atoms with Gasteiger partial charge < -0.3 is 0 Å². The number of fused-ring (bicyclic) bond motifs is 1. The molecule has 2 aromatic heterocycles. The molecule has 4 nitrogen and oxygen atoms in total. The molecule has 96 valence electrons. The first-order valence-corrected chi connectivity index (χ1v) is 6.16. The summed E-state index contributed by atoms with van der Waals surface area (Å²) < 4.78 is 15.3. The lowest BCUT2D eigenvalue weighted by Gasteiger charge is -2.05. The largest absolute Gasteiger partial charge is 0.243 e. The average molecular weight is 297 g/mol. The van der Waals surface area contributed by atoms with Crippen molar-refractivity contribution in [2.45, 2.75) is 6.54 Å². The molecule has 0 N–H and O–H groups in total. The second-order valence-electron chi connectivity index (χ2n) is 3.94. The first-order valence-electron chi connectivity index (χ1n) is 5.41. The maximum Gasteiger partial charge on any atom is 0.162 e. The molecule has 0 aliphatic carbocycles. The van der Waals surface area contributed by atoms with Gasteiger partial charge in [-0.2, -0.15) is 5.10 Å². The lowest BCUT2D eigenvalue weighted by Crippen LogP contribution is -2.04. The second-order valence-corrected chi connectivity index (χ2v) is 4.73. The smallest absolute Gasteiger partial charge is 0.162 e. The van der Waals surface area contributed by atoms with E-state index in [9.17, 15) is 4.39 Å². The van der Waals surface area contributed by atoms with E-state index in [1.807, 2.05) is 0 Å². The number of benzene rings is 1. The van der Waals surface area contributed by atoms with Crippen molar-refractivity contribution in [2.24, 2.45) is 0 Å². The van der Waals surface area contributed by atoms with Gasteiger partial charge in [-0.1, -0.05) is 29.3 Å². The Morgan fingerprint density at radius 2 is 2.05 bits per heavy atom. The zero-order valence-corrected chi connectivity index (χ0v) is 11.0. The Morgan fingerprint density at radius 1 is 1.21 bits per heavy atom. The highest BCUT2D eigenvalue weighted by atomic mass is 35.5. The molecule has 1 aromatic carbocycles. The van der Waals surface area contributed by atoms with Crippen LogP contribution in [0.25, 0.3) is 11.0 Å². The summed E-state index contributed by atoms with van der Waals surface area (Å²) in [6, 6.07) is 4.52. The summed E-state index contributed by atoms with van der Waals surface area (Å²) in [5, 5.41) is 5.47. The third-order valence-electron chi connectivity index (χ3n) is 2.72. The highest BCUT2D eigenvalue weighted by Gasteiger charge is 2.10. The van der Waals surface area contributed by atoms with Crippen LogP contribution in [0, 0.1) is 5.82 Å². The molecule has 0 aliphatic rings. The van der Waals surface area contributed by atoms with Crippen molar-refractivity contribution in [1.29, 1.82) is 0 Å². The van der Waals surface area contributed by atoms with Gasteiger partial charge in [-0.3, -0.25) is 0 Å². The summed E-state index contributed by atoms with van der Waals surface area (Å²) >= 11 is 11.6. The van der Waals surface area contributed by atoms with E-state index in [4.69, 9.17) is 23.2 Å². The van der Waals surface area contributed by atoms with E-state index in [1.165, 1.54) is 12.4 Å². The standard InChI is InChI=1S/C12H7Cl2FN4/c13-8-2-1-7(10(15)3-8)5-19-12-9(4-18-19)11(14)16-6-17-12/h1-4,6H,5H2. The van der Waals surface area contributed by atoms with Crippen LogP contribution in [0.3, 0.4) is 0 Å². The van der Waals surface area contributed by atoms with E-state index >= 15 is 0 Å². The van der Waals surface area contributed by atoms with Crippen molar-refractivity contribution in [3.05, 3.63) is 52.3 Å². The Morgan fingerprint density at radius 3 is 2.84 bits per heavy atom. The molecule has 0 spiro atoms. The van der Waals surface area contributed by atoms with Gasteiger partial charge in [0.15, 0.2) is 5.65 Å². The molecule has 3 rings (SSSR count). The quantitative estimate of drug-likeness (QED) is 0.681. The monoisotopic (exact) mass is 296 g/mol. The maximum absolute atomic E-state index is 13.7. The fourth-order valence-electron chi connectivity index (χ4n) is 1.79. The highest BCUT2D eigenvalue weighted by Crippen LogP contribution is 2.20. The molecule has 0 radical (unpaired) electrons. The third-order valence-corrected chi connectivity index (χ3v) is 3.26. The Hall–Kier alpha value is -1.72. The van der Waals surface area contributed by atoms with Crippen LogP contribution >= 0.6 is 23.2 Å². The lowest BCUT2D eigenvalue weighted by atomic mass is 10.2. The lowest BCUT2D eigenvalue weighted by molar-refractivity contribution is 0.589. The van der Waals surface area contributed by atoms with Crippen LogP contribution in [-0.4, -0.2) is 19.7 Å². The van der Waals surface area contributed by atoms with Crippen molar-refractivity contribution in [1.82, 2.24) is 19.7 Å². The average Bonchev–Trinajstić information content (AvgIpc) is 2.78. The van der Waals surface area contributed by atoms with Crippen molar-refractivity contribution in [2.75, 3.05) is 0 Å². The van der Waals surface area contributed by atoms with Gasteiger partial charge >= 0.3 is 0 Å². The molecule has 0 saturated carbocycles. The van der Waals surface area contributed by atoms with E-state index < -0.39 is 0 Å². The molecule has 0 amide bonds. The van der Waals surface area contributed by atoms with Crippen LogP contribution in [-0.2, 0) is 6.54 Å². The molecule has 7 heteroatoms. The molecular weight excluding hydrogens is 290 g/mol. The van der Waals surface area contributed by atoms with Gasteiger partial charge in [-0.15, -0.1) is 0 Å². The highest BCUT2D eigenvalue weighted by molar-refractivity contribution is 6.33. The number of aromatic nitrogens is 4. The summed E-state index contributed by atoms with van der Waals surface area (Å²) in [5.74, 6) is -0.378. The van der Waals surface area contributed by atoms with E-state index in [-0.39, 0.29) is 12.4 Å². The molecule has 2 heterocycles. The zero-order chi connectivity index (χ0) is 13.4. The Labute approximate surface area is 117 Å². The molecule has 0 bridgehead atoms. The number of hydrogen-bond acceptors (Lipinski definition) is 3. The number of halogens is 3. The minimum absolute atomic E-state index is 0.250. The summed E-state index contributed by atoms with van der Waals surface area (Å²) in [7, 11) is 0.